The van der Waals surface area contributed by atoms with Gasteiger partial charge in [-0.2, -0.15) is 0 Å². The molecule has 0 bridgehead atoms. The average Bonchev–Trinajstić information content (AvgIpc) is 2.68. The Bertz CT molecular complexity index is 422. The van der Waals surface area contributed by atoms with Crippen LogP contribution in [0.15, 0.2) is 11.4 Å². The van der Waals surface area contributed by atoms with E-state index >= 15 is 0 Å². The SMILES string of the molecule is CCOC(=O)CC(c1sccc1C)N1CCCCCC1. The Morgan fingerprint density at radius 1 is 1.35 bits per heavy atom. The van der Waals surface area contributed by atoms with Crippen molar-refractivity contribution >= 4 is 17.3 Å². The van der Waals surface area contributed by atoms with E-state index in [4.69, 9.17) is 4.74 Å². The van der Waals surface area contributed by atoms with Crippen LogP contribution in [0.25, 0.3) is 0 Å². The molecule has 1 unspecified atom stereocenters. The topological polar surface area (TPSA) is 29.5 Å². The van der Waals surface area contributed by atoms with Gasteiger partial charge in [0.25, 0.3) is 0 Å². The molecule has 4 heteroatoms. The minimum atomic E-state index is -0.0745. The Kier molecular flexibility index (Phi) is 6.05. The van der Waals surface area contributed by atoms with Gasteiger partial charge in [0.1, 0.15) is 0 Å². The van der Waals surface area contributed by atoms with Crippen LogP contribution in [0, 0.1) is 6.92 Å². The molecule has 2 heterocycles. The average molecular weight is 295 g/mol. The number of likely N-dealkylation sites (tertiary alicyclic amines) is 1. The maximum Gasteiger partial charge on any atom is 0.307 e. The summed E-state index contributed by atoms with van der Waals surface area (Å²) in [4.78, 5) is 15.8. The number of aryl methyl sites for hydroxylation is 1. The van der Waals surface area contributed by atoms with Crippen molar-refractivity contribution < 1.29 is 9.53 Å². The van der Waals surface area contributed by atoms with E-state index in [2.05, 4.69) is 23.3 Å². The highest BCUT2D eigenvalue weighted by atomic mass is 32.1. The molecule has 0 radical (unpaired) electrons. The number of ether oxygens (including phenoxy) is 1. The Morgan fingerprint density at radius 2 is 2.05 bits per heavy atom. The summed E-state index contributed by atoms with van der Waals surface area (Å²) in [7, 11) is 0. The molecule has 0 saturated carbocycles. The first-order valence-corrected chi connectivity index (χ1v) is 8.54. The normalized spacial score (nSPS) is 18.5. The third-order valence-corrected chi connectivity index (χ3v) is 5.07. The van der Waals surface area contributed by atoms with E-state index in [9.17, 15) is 4.79 Å². The summed E-state index contributed by atoms with van der Waals surface area (Å²) < 4.78 is 5.17. The van der Waals surface area contributed by atoms with Crippen LogP contribution in [0.1, 0.15) is 55.5 Å². The first kappa shape index (κ1) is 15.5. The van der Waals surface area contributed by atoms with Gasteiger partial charge in [0.2, 0.25) is 0 Å². The summed E-state index contributed by atoms with van der Waals surface area (Å²) >= 11 is 1.77. The number of nitrogens with zero attached hydrogens (tertiary/aromatic N) is 1. The van der Waals surface area contributed by atoms with Crippen molar-refractivity contribution in [3.05, 3.63) is 21.9 Å². The van der Waals surface area contributed by atoms with Crippen molar-refractivity contribution in [3.63, 3.8) is 0 Å². The van der Waals surface area contributed by atoms with Gasteiger partial charge in [-0.1, -0.05) is 12.8 Å². The van der Waals surface area contributed by atoms with Crippen molar-refractivity contribution in [2.45, 2.75) is 52.0 Å². The van der Waals surface area contributed by atoms with E-state index in [1.54, 1.807) is 11.3 Å². The van der Waals surface area contributed by atoms with Gasteiger partial charge in [-0.15, -0.1) is 11.3 Å². The van der Waals surface area contributed by atoms with Crippen LogP contribution >= 0.6 is 11.3 Å². The fraction of sp³-hybridized carbons (Fsp3) is 0.688. The third kappa shape index (κ3) is 4.06. The number of thiophene rings is 1. The van der Waals surface area contributed by atoms with Crippen molar-refractivity contribution in [1.29, 1.82) is 0 Å². The number of esters is 1. The second kappa shape index (κ2) is 7.79. The highest BCUT2D eigenvalue weighted by Crippen LogP contribution is 2.33. The monoisotopic (exact) mass is 295 g/mol. The zero-order valence-corrected chi connectivity index (χ0v) is 13.4. The first-order chi connectivity index (χ1) is 9.72. The molecule has 1 aromatic rings. The lowest BCUT2D eigenvalue weighted by molar-refractivity contribution is -0.144. The standard InChI is InChI=1S/C16H25NO2S/c1-3-19-15(18)12-14(16-13(2)8-11-20-16)17-9-6-4-5-7-10-17/h8,11,14H,3-7,9-10,12H2,1-2H3. The largest absolute Gasteiger partial charge is 0.466 e. The van der Waals surface area contributed by atoms with Crippen molar-refractivity contribution in [2.75, 3.05) is 19.7 Å². The second-order valence-corrected chi connectivity index (χ2v) is 6.39. The predicted molar refractivity (Wildman–Crippen MR) is 83.1 cm³/mol. The van der Waals surface area contributed by atoms with Gasteiger partial charge >= 0.3 is 5.97 Å². The molecule has 0 aromatic carbocycles. The molecule has 1 atom stereocenters. The molecule has 0 N–H and O–H groups in total. The van der Waals surface area contributed by atoms with E-state index < -0.39 is 0 Å². The van der Waals surface area contributed by atoms with Gasteiger partial charge in [0.15, 0.2) is 0 Å². The second-order valence-electron chi connectivity index (χ2n) is 5.44. The van der Waals surface area contributed by atoms with Gasteiger partial charge in [-0.25, -0.2) is 0 Å². The summed E-state index contributed by atoms with van der Waals surface area (Å²) in [6.45, 7) is 6.68. The van der Waals surface area contributed by atoms with E-state index in [1.165, 1.54) is 36.1 Å². The van der Waals surface area contributed by atoms with Gasteiger partial charge in [-0.05, 0) is 56.8 Å². The Morgan fingerprint density at radius 3 is 2.60 bits per heavy atom. The first-order valence-electron chi connectivity index (χ1n) is 7.66. The number of hydrogen-bond acceptors (Lipinski definition) is 4. The smallest absolute Gasteiger partial charge is 0.307 e. The summed E-state index contributed by atoms with van der Waals surface area (Å²) in [6, 6.07) is 2.35. The lowest BCUT2D eigenvalue weighted by atomic mass is 10.1. The van der Waals surface area contributed by atoms with Gasteiger partial charge in [0.05, 0.1) is 19.1 Å². The Hall–Kier alpha value is -0.870. The van der Waals surface area contributed by atoms with E-state index in [1.807, 2.05) is 6.92 Å². The fourth-order valence-corrected chi connectivity index (χ4v) is 3.96. The van der Waals surface area contributed by atoms with Crippen LogP contribution in [0.4, 0.5) is 0 Å². The van der Waals surface area contributed by atoms with Crippen molar-refractivity contribution in [3.8, 4) is 0 Å². The van der Waals surface area contributed by atoms with Crippen LogP contribution in [0.3, 0.4) is 0 Å². The molecule has 1 aliphatic heterocycles. The molecular formula is C16H25NO2S. The minimum absolute atomic E-state index is 0.0745. The van der Waals surface area contributed by atoms with Gasteiger partial charge < -0.3 is 4.74 Å². The van der Waals surface area contributed by atoms with E-state index in [-0.39, 0.29) is 12.0 Å². The summed E-state index contributed by atoms with van der Waals surface area (Å²) in [5, 5.41) is 2.13. The highest BCUT2D eigenvalue weighted by molar-refractivity contribution is 7.10. The fourth-order valence-electron chi connectivity index (χ4n) is 2.90. The van der Waals surface area contributed by atoms with Crippen molar-refractivity contribution in [2.24, 2.45) is 0 Å². The molecule has 1 aromatic heterocycles. The predicted octanol–water partition coefficient (Wildman–Crippen LogP) is 3.93. The lowest BCUT2D eigenvalue weighted by Gasteiger charge is -2.30. The van der Waals surface area contributed by atoms with E-state index in [0.717, 1.165) is 13.1 Å². The van der Waals surface area contributed by atoms with Crippen molar-refractivity contribution in [1.82, 2.24) is 4.90 Å². The van der Waals surface area contributed by atoms with Crippen LogP contribution in [0.2, 0.25) is 0 Å². The molecule has 20 heavy (non-hydrogen) atoms. The van der Waals surface area contributed by atoms with E-state index in [0.29, 0.717) is 13.0 Å². The quantitative estimate of drug-likeness (QED) is 0.771. The summed E-state index contributed by atoms with van der Waals surface area (Å²) in [5.41, 5.74) is 1.30. The maximum atomic E-state index is 11.9. The third-order valence-electron chi connectivity index (χ3n) is 3.95. The lowest BCUT2D eigenvalue weighted by Crippen LogP contribution is -2.31. The molecule has 2 rings (SSSR count). The molecule has 0 spiro atoms. The van der Waals surface area contributed by atoms with Gasteiger partial charge in [0, 0.05) is 4.88 Å². The molecule has 3 nitrogen and oxygen atoms in total. The zero-order valence-electron chi connectivity index (χ0n) is 12.6. The maximum absolute atomic E-state index is 11.9. The molecule has 112 valence electrons. The molecule has 0 aliphatic carbocycles. The number of carbonyl (C=O) groups excluding carboxylic acids is 1. The molecular weight excluding hydrogens is 270 g/mol. The Labute approximate surface area is 125 Å². The number of hydrogen-bond donors (Lipinski definition) is 0. The molecule has 1 fully saturated rings. The summed E-state index contributed by atoms with van der Waals surface area (Å²) in [6.07, 6.45) is 5.58. The molecule has 1 saturated heterocycles. The number of carbonyl (C=O) groups is 1. The van der Waals surface area contributed by atoms with Crippen LogP contribution in [-0.2, 0) is 9.53 Å². The number of rotatable bonds is 5. The molecule has 1 aliphatic rings. The minimum Gasteiger partial charge on any atom is -0.466 e. The molecule has 0 amide bonds. The Balaban J connectivity index is 2.14. The zero-order chi connectivity index (χ0) is 14.4. The summed E-state index contributed by atoms with van der Waals surface area (Å²) in [5.74, 6) is -0.0745. The van der Waals surface area contributed by atoms with Crippen LogP contribution in [0.5, 0.6) is 0 Å². The van der Waals surface area contributed by atoms with Gasteiger partial charge in [-0.3, -0.25) is 9.69 Å². The van der Waals surface area contributed by atoms with Crippen LogP contribution in [-0.4, -0.2) is 30.6 Å². The van der Waals surface area contributed by atoms with Crippen LogP contribution < -0.4 is 0 Å². The highest BCUT2D eigenvalue weighted by Gasteiger charge is 2.26.